The zero-order valence-corrected chi connectivity index (χ0v) is 29.3. The number of nitrogens with zero attached hydrogens (tertiary/aromatic N) is 2. The van der Waals surface area contributed by atoms with Gasteiger partial charge in [-0.1, -0.05) is 36.4 Å². The average Bonchev–Trinajstić information content (AvgIpc) is 3.55. The lowest BCUT2D eigenvalue weighted by Gasteiger charge is -2.19. The van der Waals surface area contributed by atoms with Crippen LogP contribution in [0.5, 0.6) is 0 Å². The van der Waals surface area contributed by atoms with Gasteiger partial charge >= 0.3 is 0 Å². The summed E-state index contributed by atoms with van der Waals surface area (Å²) >= 11 is 0. The van der Waals surface area contributed by atoms with Crippen molar-refractivity contribution in [2.24, 2.45) is 0 Å². The summed E-state index contributed by atoms with van der Waals surface area (Å²) in [5.41, 5.74) is 18.3. The van der Waals surface area contributed by atoms with Gasteiger partial charge in [-0.3, -0.25) is 19.2 Å². The molecule has 10 nitrogen and oxygen atoms in total. The third kappa shape index (κ3) is 5.37. The number of hydrogen-bond acceptors (Lipinski definition) is 8. The second-order valence-corrected chi connectivity index (χ2v) is 15.0. The van der Waals surface area contributed by atoms with Crippen LogP contribution in [0.15, 0.2) is 131 Å². The Morgan fingerprint density at radius 2 is 0.755 bits per heavy atom. The second kappa shape index (κ2) is 12.1. The number of aryl methyl sites for hydroxylation is 2. The quantitative estimate of drug-likeness (QED) is 0.135. The van der Waals surface area contributed by atoms with Gasteiger partial charge in [0.2, 0.25) is 9.84 Å². The van der Waals surface area contributed by atoms with Gasteiger partial charge < -0.3 is 11.5 Å². The van der Waals surface area contributed by atoms with E-state index in [0.29, 0.717) is 22.5 Å². The third-order valence-electron chi connectivity index (χ3n) is 9.70. The highest BCUT2D eigenvalue weighted by Gasteiger charge is 2.39. The summed E-state index contributed by atoms with van der Waals surface area (Å²) in [7, 11) is -4.10. The SMILES string of the molecule is Cc1cc(S(=O)(=O)c2ccc(N3C(=O)c4ccc(-c5ccc(N)cc5)cc4C3=O)c(C)c2)ccc1N1C(=O)c2ccc(-c3ccc(N)cc3)cc2C1=O. The molecule has 0 spiro atoms. The molecule has 0 aromatic heterocycles. The molecule has 6 aromatic rings. The molecule has 0 fully saturated rings. The molecule has 4 amide bonds. The molecule has 4 N–H and O–H groups in total. The van der Waals surface area contributed by atoms with Crippen molar-refractivity contribution in [1.82, 2.24) is 0 Å². The summed E-state index contributed by atoms with van der Waals surface area (Å²) in [6, 6.07) is 32.9. The van der Waals surface area contributed by atoms with Crippen LogP contribution in [-0.4, -0.2) is 32.0 Å². The maximum atomic E-state index is 13.9. The fourth-order valence-corrected chi connectivity index (χ4v) is 8.29. The molecule has 0 aliphatic carbocycles. The number of amides is 4. The summed E-state index contributed by atoms with van der Waals surface area (Å²) in [5, 5.41) is 0. The average molecular weight is 719 g/mol. The Morgan fingerprint density at radius 3 is 1.11 bits per heavy atom. The Balaban J connectivity index is 1.05. The van der Waals surface area contributed by atoms with E-state index < -0.39 is 33.5 Å². The van der Waals surface area contributed by atoms with Gasteiger partial charge in [0.1, 0.15) is 0 Å². The van der Waals surface area contributed by atoms with Crippen molar-refractivity contribution in [3.8, 4) is 22.3 Å². The normalized spacial score (nSPS) is 13.8. The van der Waals surface area contributed by atoms with Crippen LogP contribution in [-0.2, 0) is 9.84 Å². The van der Waals surface area contributed by atoms with E-state index >= 15 is 0 Å². The van der Waals surface area contributed by atoms with Crippen molar-refractivity contribution >= 4 is 56.2 Å². The van der Waals surface area contributed by atoms with Crippen molar-refractivity contribution in [3.63, 3.8) is 0 Å². The van der Waals surface area contributed by atoms with E-state index in [9.17, 15) is 27.6 Å². The van der Waals surface area contributed by atoms with E-state index in [-0.39, 0.29) is 43.4 Å². The molecule has 0 saturated carbocycles. The molecule has 0 saturated heterocycles. The van der Waals surface area contributed by atoms with E-state index in [1.165, 1.54) is 36.4 Å². The van der Waals surface area contributed by atoms with Gasteiger partial charge in [0.05, 0.1) is 43.4 Å². The number of anilines is 4. The summed E-state index contributed by atoms with van der Waals surface area (Å²) in [5.74, 6) is -2.04. The van der Waals surface area contributed by atoms with E-state index in [4.69, 9.17) is 11.5 Å². The first kappa shape index (κ1) is 33.3. The van der Waals surface area contributed by atoms with E-state index in [1.807, 2.05) is 24.3 Å². The number of sulfone groups is 1. The number of hydrogen-bond donors (Lipinski definition) is 2. The Labute approximate surface area is 304 Å². The van der Waals surface area contributed by atoms with Gasteiger partial charge in [-0.15, -0.1) is 0 Å². The van der Waals surface area contributed by atoms with Crippen molar-refractivity contribution < 1.29 is 27.6 Å². The summed E-state index contributed by atoms with van der Waals surface area (Å²) in [6.07, 6.45) is 0. The zero-order chi connectivity index (χ0) is 37.3. The minimum absolute atomic E-state index is 0.0518. The number of carbonyl (C=O) groups excluding carboxylic acids is 4. The molecule has 2 aliphatic heterocycles. The zero-order valence-electron chi connectivity index (χ0n) is 28.5. The van der Waals surface area contributed by atoms with Crippen LogP contribution in [0.2, 0.25) is 0 Å². The van der Waals surface area contributed by atoms with Crippen LogP contribution in [0.4, 0.5) is 22.7 Å². The maximum Gasteiger partial charge on any atom is 0.266 e. The molecule has 260 valence electrons. The van der Waals surface area contributed by atoms with Crippen LogP contribution < -0.4 is 21.3 Å². The molecule has 2 aliphatic rings. The molecule has 0 bridgehead atoms. The first-order valence-electron chi connectivity index (χ1n) is 16.6. The van der Waals surface area contributed by atoms with Crippen LogP contribution >= 0.6 is 0 Å². The maximum absolute atomic E-state index is 13.9. The monoisotopic (exact) mass is 718 g/mol. The lowest BCUT2D eigenvalue weighted by Crippen LogP contribution is -2.30. The molecular formula is C42H30N4O6S. The molecular weight excluding hydrogens is 689 g/mol. The lowest BCUT2D eigenvalue weighted by atomic mass is 10.00. The molecule has 6 aromatic carbocycles. The number of rotatable bonds is 6. The van der Waals surface area contributed by atoms with Gasteiger partial charge in [0.25, 0.3) is 23.6 Å². The fourth-order valence-electron chi connectivity index (χ4n) is 6.86. The first-order chi connectivity index (χ1) is 25.3. The van der Waals surface area contributed by atoms with Crippen LogP contribution in [0, 0.1) is 13.8 Å². The van der Waals surface area contributed by atoms with Gasteiger partial charge in [-0.25, -0.2) is 18.2 Å². The first-order valence-corrected chi connectivity index (χ1v) is 18.1. The van der Waals surface area contributed by atoms with Crippen LogP contribution in [0.25, 0.3) is 22.3 Å². The highest BCUT2D eigenvalue weighted by Crippen LogP contribution is 2.37. The van der Waals surface area contributed by atoms with Gasteiger partial charge in [0, 0.05) is 11.4 Å². The lowest BCUT2D eigenvalue weighted by molar-refractivity contribution is 0.0910. The predicted octanol–water partition coefficient (Wildman–Crippen LogP) is 7.24. The standard InChI is InChI=1S/C42H30N4O6S/c1-23-19-31(13-17-37(23)45-39(47)33-15-7-27(21-35(33)41(45)49)25-3-9-29(43)10-4-25)53(51,52)32-14-18-38(24(2)20-32)46-40(48)34-16-8-28(22-36(34)42(46)50)26-5-11-30(44)12-6-26/h3-22H,43-44H2,1-2H3. The van der Waals surface area contributed by atoms with E-state index in [2.05, 4.69) is 0 Å². The Hall–Kier alpha value is -6.85. The molecule has 0 unspecified atom stereocenters. The van der Waals surface area contributed by atoms with Gasteiger partial charge in [0.15, 0.2) is 0 Å². The molecule has 0 atom stereocenters. The molecule has 11 heteroatoms. The highest BCUT2D eigenvalue weighted by molar-refractivity contribution is 7.91. The van der Waals surface area contributed by atoms with Crippen molar-refractivity contribution in [2.75, 3.05) is 21.3 Å². The summed E-state index contributed by atoms with van der Waals surface area (Å²) in [4.78, 5) is 56.1. The molecule has 0 radical (unpaired) electrons. The van der Waals surface area contributed by atoms with E-state index in [1.54, 1.807) is 74.5 Å². The number of carbonyl (C=O) groups is 4. The molecule has 53 heavy (non-hydrogen) atoms. The van der Waals surface area contributed by atoms with Gasteiger partial charge in [-0.2, -0.15) is 0 Å². The number of fused-ring (bicyclic) bond motifs is 2. The molecule has 2 heterocycles. The van der Waals surface area contributed by atoms with Gasteiger partial charge in [-0.05, 0) is 132 Å². The number of benzene rings is 6. The van der Waals surface area contributed by atoms with Crippen molar-refractivity contribution in [3.05, 3.63) is 155 Å². The Morgan fingerprint density at radius 1 is 0.415 bits per heavy atom. The van der Waals surface area contributed by atoms with Crippen molar-refractivity contribution in [2.45, 2.75) is 23.6 Å². The largest absolute Gasteiger partial charge is 0.399 e. The third-order valence-corrected chi connectivity index (χ3v) is 11.4. The minimum atomic E-state index is -4.10. The Bertz CT molecular complexity index is 2520. The number of imide groups is 2. The topological polar surface area (TPSA) is 161 Å². The highest BCUT2D eigenvalue weighted by atomic mass is 32.2. The van der Waals surface area contributed by atoms with Crippen LogP contribution in [0.3, 0.4) is 0 Å². The second-order valence-electron chi connectivity index (χ2n) is 13.1. The summed E-state index contributed by atoms with van der Waals surface area (Å²) in [6.45, 7) is 3.26. The smallest absolute Gasteiger partial charge is 0.266 e. The van der Waals surface area contributed by atoms with E-state index in [0.717, 1.165) is 32.1 Å². The number of nitrogens with two attached hydrogens (primary N) is 2. The fraction of sp³-hybridized carbons (Fsp3) is 0.0476. The van der Waals surface area contributed by atoms with Crippen molar-refractivity contribution in [1.29, 1.82) is 0 Å². The van der Waals surface area contributed by atoms with Crippen LogP contribution in [0.1, 0.15) is 52.6 Å². The summed E-state index contributed by atoms with van der Waals surface area (Å²) < 4.78 is 27.8. The Kier molecular flexibility index (Phi) is 7.63. The minimum Gasteiger partial charge on any atom is -0.399 e. The predicted molar refractivity (Wildman–Crippen MR) is 203 cm³/mol. The molecule has 8 rings (SSSR count). The number of nitrogen functional groups attached to an aromatic ring is 2.